The molecule has 2 rings (SSSR count). The minimum absolute atomic E-state index is 0.199. The van der Waals surface area contributed by atoms with Crippen LogP contribution in [0, 0.1) is 19.8 Å². The lowest BCUT2D eigenvalue weighted by Gasteiger charge is -2.31. The van der Waals surface area contributed by atoms with E-state index in [-0.39, 0.29) is 5.91 Å². The van der Waals surface area contributed by atoms with Crippen molar-refractivity contribution in [1.82, 2.24) is 10.2 Å². The minimum Gasteiger partial charge on any atom is -0.466 e. The Balaban J connectivity index is 1.71. The first-order chi connectivity index (χ1) is 10.1. The summed E-state index contributed by atoms with van der Waals surface area (Å²) in [5.74, 6) is 2.87. The van der Waals surface area contributed by atoms with Crippen molar-refractivity contribution in [2.45, 2.75) is 53.0 Å². The molecular weight excluding hydrogens is 264 g/mol. The second-order valence-corrected chi connectivity index (χ2v) is 6.21. The Morgan fingerprint density at radius 3 is 2.67 bits per heavy atom. The topological polar surface area (TPSA) is 45.5 Å². The van der Waals surface area contributed by atoms with Crippen LogP contribution in [0.5, 0.6) is 0 Å². The van der Waals surface area contributed by atoms with Gasteiger partial charge in [-0.15, -0.1) is 0 Å². The molecule has 0 atom stereocenters. The van der Waals surface area contributed by atoms with Crippen LogP contribution in [0.3, 0.4) is 0 Å². The quantitative estimate of drug-likeness (QED) is 0.876. The monoisotopic (exact) mass is 292 g/mol. The number of carbonyl (C=O) groups is 1. The lowest BCUT2D eigenvalue weighted by molar-refractivity contribution is -0.121. The fraction of sp³-hybridized carbons (Fsp3) is 0.706. The molecular formula is C17H28N2O2. The first-order valence-electron chi connectivity index (χ1n) is 8.13. The van der Waals surface area contributed by atoms with Crippen LogP contribution >= 0.6 is 0 Å². The maximum absolute atomic E-state index is 11.5. The summed E-state index contributed by atoms with van der Waals surface area (Å²) in [6.45, 7) is 10.1. The van der Waals surface area contributed by atoms with Gasteiger partial charge in [0.25, 0.3) is 0 Å². The summed E-state index contributed by atoms with van der Waals surface area (Å²) in [5, 5.41) is 3.06. The van der Waals surface area contributed by atoms with Gasteiger partial charge in [0.1, 0.15) is 11.5 Å². The molecule has 2 heterocycles. The molecule has 4 nitrogen and oxygen atoms in total. The highest BCUT2D eigenvalue weighted by Gasteiger charge is 2.20. The van der Waals surface area contributed by atoms with Crippen molar-refractivity contribution in [2.75, 3.05) is 19.6 Å². The number of rotatable bonds is 6. The molecule has 118 valence electrons. The predicted octanol–water partition coefficient (Wildman–Crippen LogP) is 3.02. The normalized spacial score (nSPS) is 17.1. The molecule has 1 aliphatic heterocycles. The number of carbonyl (C=O) groups excluding carboxylic acids is 1. The molecule has 1 saturated heterocycles. The fourth-order valence-electron chi connectivity index (χ4n) is 3.00. The molecule has 1 aliphatic rings. The van der Waals surface area contributed by atoms with Gasteiger partial charge in [-0.3, -0.25) is 9.69 Å². The highest BCUT2D eigenvalue weighted by molar-refractivity contribution is 5.75. The van der Waals surface area contributed by atoms with E-state index in [0.717, 1.165) is 44.1 Å². The molecule has 0 spiro atoms. The van der Waals surface area contributed by atoms with E-state index in [1.54, 1.807) is 0 Å². The van der Waals surface area contributed by atoms with Gasteiger partial charge in [-0.2, -0.15) is 0 Å². The summed E-state index contributed by atoms with van der Waals surface area (Å²) in [6, 6.07) is 2.15. The fourth-order valence-corrected chi connectivity index (χ4v) is 3.00. The Morgan fingerprint density at radius 1 is 1.38 bits per heavy atom. The molecule has 1 amide bonds. The number of piperidine rings is 1. The van der Waals surface area contributed by atoms with Crippen LogP contribution in [-0.4, -0.2) is 30.4 Å². The molecule has 0 bridgehead atoms. The van der Waals surface area contributed by atoms with Gasteiger partial charge < -0.3 is 9.73 Å². The van der Waals surface area contributed by atoms with Gasteiger partial charge in [-0.25, -0.2) is 0 Å². The second-order valence-electron chi connectivity index (χ2n) is 6.21. The van der Waals surface area contributed by atoms with E-state index in [2.05, 4.69) is 16.3 Å². The van der Waals surface area contributed by atoms with Crippen molar-refractivity contribution >= 4 is 5.91 Å². The van der Waals surface area contributed by atoms with Crippen LogP contribution < -0.4 is 5.32 Å². The van der Waals surface area contributed by atoms with Crippen LogP contribution in [0.2, 0.25) is 0 Å². The Kier molecular flexibility index (Phi) is 5.85. The van der Waals surface area contributed by atoms with Crippen LogP contribution in [0.15, 0.2) is 10.5 Å². The highest BCUT2D eigenvalue weighted by atomic mass is 16.3. The van der Waals surface area contributed by atoms with Crippen molar-refractivity contribution in [1.29, 1.82) is 0 Å². The van der Waals surface area contributed by atoms with Gasteiger partial charge in [-0.05, 0) is 58.2 Å². The van der Waals surface area contributed by atoms with Crippen LogP contribution in [0.25, 0.3) is 0 Å². The molecule has 0 saturated carbocycles. The second kappa shape index (κ2) is 7.64. The summed E-state index contributed by atoms with van der Waals surface area (Å²) in [5.41, 5.74) is 1.31. The molecule has 4 heteroatoms. The van der Waals surface area contributed by atoms with Gasteiger partial charge >= 0.3 is 0 Å². The smallest absolute Gasteiger partial charge is 0.219 e. The SMILES string of the molecule is CCCC(=O)NCC1CCN(Cc2cc(C)oc2C)CC1. The van der Waals surface area contributed by atoms with Gasteiger partial charge in [0, 0.05) is 25.1 Å². The summed E-state index contributed by atoms with van der Waals surface area (Å²) in [6.07, 6.45) is 3.91. The van der Waals surface area contributed by atoms with E-state index in [1.807, 2.05) is 20.8 Å². The predicted molar refractivity (Wildman–Crippen MR) is 84.1 cm³/mol. The average molecular weight is 292 g/mol. The van der Waals surface area contributed by atoms with Crippen molar-refractivity contribution in [3.63, 3.8) is 0 Å². The molecule has 21 heavy (non-hydrogen) atoms. The summed E-state index contributed by atoms with van der Waals surface area (Å²) in [4.78, 5) is 14.0. The number of furan rings is 1. The van der Waals surface area contributed by atoms with E-state index in [0.29, 0.717) is 12.3 Å². The van der Waals surface area contributed by atoms with Gasteiger partial charge in [-0.1, -0.05) is 6.92 Å². The van der Waals surface area contributed by atoms with Gasteiger partial charge in [0.05, 0.1) is 0 Å². The standard InChI is InChI=1S/C17H28N2O2/c1-4-5-17(20)18-11-15-6-8-19(9-7-15)12-16-10-13(2)21-14(16)3/h10,15H,4-9,11-12H2,1-3H3,(H,18,20). The first-order valence-corrected chi connectivity index (χ1v) is 8.13. The Labute approximate surface area is 127 Å². The minimum atomic E-state index is 0.199. The number of hydrogen-bond donors (Lipinski definition) is 1. The lowest BCUT2D eigenvalue weighted by atomic mass is 9.96. The van der Waals surface area contributed by atoms with Crippen LogP contribution in [0.1, 0.15) is 49.7 Å². The maximum atomic E-state index is 11.5. The third-order valence-corrected chi connectivity index (χ3v) is 4.31. The van der Waals surface area contributed by atoms with Crippen LogP contribution in [-0.2, 0) is 11.3 Å². The van der Waals surface area contributed by atoms with Crippen molar-refractivity contribution in [3.05, 3.63) is 23.2 Å². The van der Waals surface area contributed by atoms with Crippen molar-refractivity contribution in [2.24, 2.45) is 5.92 Å². The highest BCUT2D eigenvalue weighted by Crippen LogP contribution is 2.21. The van der Waals surface area contributed by atoms with Gasteiger partial charge in [0.2, 0.25) is 5.91 Å². The summed E-state index contributed by atoms with van der Waals surface area (Å²) < 4.78 is 5.59. The third-order valence-electron chi connectivity index (χ3n) is 4.31. The van der Waals surface area contributed by atoms with E-state index >= 15 is 0 Å². The molecule has 1 N–H and O–H groups in total. The molecule has 0 aromatic carbocycles. The van der Waals surface area contributed by atoms with Crippen molar-refractivity contribution in [3.8, 4) is 0 Å². The van der Waals surface area contributed by atoms with Gasteiger partial charge in [0.15, 0.2) is 0 Å². The number of amides is 1. The summed E-state index contributed by atoms with van der Waals surface area (Å²) in [7, 11) is 0. The third kappa shape index (κ3) is 4.88. The Hall–Kier alpha value is -1.29. The van der Waals surface area contributed by atoms with E-state index < -0.39 is 0 Å². The number of hydrogen-bond acceptors (Lipinski definition) is 3. The largest absolute Gasteiger partial charge is 0.466 e. The first kappa shape index (κ1) is 16.1. The number of nitrogens with one attached hydrogen (secondary N) is 1. The zero-order chi connectivity index (χ0) is 15.2. The molecule has 1 fully saturated rings. The number of likely N-dealkylation sites (tertiary alicyclic amines) is 1. The summed E-state index contributed by atoms with van der Waals surface area (Å²) >= 11 is 0. The molecule has 1 aromatic rings. The van der Waals surface area contributed by atoms with Crippen molar-refractivity contribution < 1.29 is 9.21 Å². The number of aryl methyl sites for hydroxylation is 2. The zero-order valence-corrected chi connectivity index (χ0v) is 13.6. The molecule has 0 aliphatic carbocycles. The van der Waals surface area contributed by atoms with E-state index in [1.165, 1.54) is 18.4 Å². The zero-order valence-electron chi connectivity index (χ0n) is 13.6. The van der Waals surface area contributed by atoms with E-state index in [9.17, 15) is 4.79 Å². The molecule has 1 aromatic heterocycles. The van der Waals surface area contributed by atoms with Crippen LogP contribution in [0.4, 0.5) is 0 Å². The average Bonchev–Trinajstić information content (AvgIpc) is 2.76. The van der Waals surface area contributed by atoms with E-state index in [4.69, 9.17) is 4.42 Å². The maximum Gasteiger partial charge on any atom is 0.219 e. The number of nitrogens with zero attached hydrogens (tertiary/aromatic N) is 1. The molecule has 0 unspecified atom stereocenters. The Morgan fingerprint density at radius 2 is 2.10 bits per heavy atom. The lowest BCUT2D eigenvalue weighted by Crippen LogP contribution is -2.38. The molecule has 0 radical (unpaired) electrons. The Bertz CT molecular complexity index is 459.